The molecule has 0 unspecified atom stereocenters. The van der Waals surface area contributed by atoms with Crippen LogP contribution in [0.4, 0.5) is 13.2 Å². The van der Waals surface area contributed by atoms with Gasteiger partial charge < -0.3 is 9.30 Å². The lowest BCUT2D eigenvalue weighted by molar-refractivity contribution is -0.178. The molecule has 1 aliphatic rings. The Labute approximate surface area is 211 Å². The lowest BCUT2D eigenvalue weighted by Crippen LogP contribution is -2.34. The molecule has 2 heterocycles. The summed E-state index contributed by atoms with van der Waals surface area (Å²) in [6.07, 6.45) is -2.11. The van der Waals surface area contributed by atoms with Crippen LogP contribution in [-0.4, -0.2) is 30.5 Å². The van der Waals surface area contributed by atoms with Crippen molar-refractivity contribution < 1.29 is 17.9 Å². The smallest absolute Gasteiger partial charge is 0.411 e. The van der Waals surface area contributed by atoms with Crippen molar-refractivity contribution >= 4 is 22.6 Å². The number of aromatic amines is 1. The van der Waals surface area contributed by atoms with E-state index in [0.717, 1.165) is 9.25 Å². The molecular weight excluding hydrogens is 513 g/mol. The standard InChI is InChI=1S/C24H18ClF3N6O3/c1-2-3-13-8-14(34-22(36)31-21(35)18(11-29)32-34)9-16(25)20(13)37-15-4-5-17-19(10-15)33(12-30-17)23(6-7-23)24(26,27)28/h4-5,8-10,12H,2-3,6-7H2,1H3,(H,31,35,36). The van der Waals surface area contributed by atoms with Crippen molar-refractivity contribution in [2.24, 2.45) is 0 Å². The second-order valence-corrected chi connectivity index (χ2v) is 9.10. The summed E-state index contributed by atoms with van der Waals surface area (Å²) in [6, 6.07) is 9.24. The van der Waals surface area contributed by atoms with E-state index in [9.17, 15) is 22.8 Å². The molecule has 1 aliphatic carbocycles. The number of aromatic nitrogens is 5. The topological polar surface area (TPSA) is 119 Å². The lowest BCUT2D eigenvalue weighted by Gasteiger charge is -2.21. The van der Waals surface area contributed by atoms with Crippen molar-refractivity contribution in [1.82, 2.24) is 24.3 Å². The number of ether oxygens (including phenoxy) is 1. The summed E-state index contributed by atoms with van der Waals surface area (Å²) >= 11 is 6.53. The number of alkyl halides is 3. The number of hydrogen-bond acceptors (Lipinski definition) is 6. The molecule has 0 aliphatic heterocycles. The second kappa shape index (κ2) is 8.77. The van der Waals surface area contributed by atoms with Gasteiger partial charge in [-0.3, -0.25) is 9.78 Å². The summed E-state index contributed by atoms with van der Waals surface area (Å²) in [4.78, 5) is 30.2. The molecule has 0 amide bonds. The van der Waals surface area contributed by atoms with Gasteiger partial charge in [-0.05, 0) is 49.1 Å². The van der Waals surface area contributed by atoms with Gasteiger partial charge in [0.1, 0.15) is 23.1 Å². The number of H-pyrrole nitrogens is 1. The number of imidazole rings is 1. The van der Waals surface area contributed by atoms with E-state index in [1.165, 1.54) is 18.5 Å². The first kappa shape index (κ1) is 24.6. The molecule has 2 aromatic heterocycles. The van der Waals surface area contributed by atoms with Gasteiger partial charge in [0.15, 0.2) is 0 Å². The van der Waals surface area contributed by atoms with E-state index < -0.39 is 28.7 Å². The normalized spacial score (nSPS) is 14.5. The van der Waals surface area contributed by atoms with Crippen LogP contribution in [0.15, 0.2) is 46.2 Å². The molecule has 0 saturated heterocycles. The van der Waals surface area contributed by atoms with Gasteiger partial charge >= 0.3 is 11.9 Å². The van der Waals surface area contributed by atoms with Crippen molar-refractivity contribution in [2.45, 2.75) is 44.3 Å². The van der Waals surface area contributed by atoms with Crippen LogP contribution in [-0.2, 0) is 12.0 Å². The number of nitrogens with zero attached hydrogens (tertiary/aromatic N) is 5. The first-order valence-electron chi connectivity index (χ1n) is 11.3. The van der Waals surface area contributed by atoms with Crippen molar-refractivity contribution in [3.63, 3.8) is 0 Å². The van der Waals surface area contributed by atoms with E-state index in [2.05, 4.69) is 10.1 Å². The predicted molar refractivity (Wildman–Crippen MR) is 127 cm³/mol. The van der Waals surface area contributed by atoms with Gasteiger partial charge in [-0.25, -0.2) is 9.78 Å². The summed E-state index contributed by atoms with van der Waals surface area (Å²) in [5.41, 5.74) is -2.75. The Balaban J connectivity index is 1.57. The molecule has 5 rings (SSSR count). The van der Waals surface area contributed by atoms with Gasteiger partial charge in [0.2, 0.25) is 5.69 Å². The lowest BCUT2D eigenvalue weighted by atomic mass is 10.1. The molecule has 1 N–H and O–H groups in total. The third kappa shape index (κ3) is 4.15. The van der Waals surface area contributed by atoms with E-state index in [0.29, 0.717) is 23.9 Å². The fraction of sp³-hybridized carbons (Fsp3) is 0.292. The molecule has 9 nitrogen and oxygen atoms in total. The molecule has 190 valence electrons. The Hall–Kier alpha value is -4.11. The molecule has 1 saturated carbocycles. The van der Waals surface area contributed by atoms with Crippen LogP contribution >= 0.6 is 11.6 Å². The van der Waals surface area contributed by atoms with Crippen LogP contribution in [0.25, 0.3) is 16.7 Å². The molecule has 0 radical (unpaired) electrons. The Bertz CT molecular complexity index is 1700. The molecule has 37 heavy (non-hydrogen) atoms. The van der Waals surface area contributed by atoms with Crippen LogP contribution in [0.3, 0.4) is 0 Å². The predicted octanol–water partition coefficient (Wildman–Crippen LogP) is 4.59. The minimum Gasteiger partial charge on any atom is -0.455 e. The van der Waals surface area contributed by atoms with Gasteiger partial charge in [-0.2, -0.15) is 23.1 Å². The Morgan fingerprint density at radius 1 is 1.24 bits per heavy atom. The number of fused-ring (bicyclic) bond motifs is 1. The Morgan fingerprint density at radius 3 is 2.65 bits per heavy atom. The average Bonchev–Trinajstić information content (AvgIpc) is 3.55. The Kier molecular flexibility index (Phi) is 5.83. The molecule has 1 fully saturated rings. The highest BCUT2D eigenvalue weighted by Crippen LogP contribution is 2.56. The molecule has 4 aromatic rings. The number of benzene rings is 2. The number of rotatable bonds is 6. The van der Waals surface area contributed by atoms with Gasteiger partial charge in [-0.15, -0.1) is 5.10 Å². The fourth-order valence-corrected chi connectivity index (χ4v) is 4.54. The fourth-order valence-electron chi connectivity index (χ4n) is 4.26. The van der Waals surface area contributed by atoms with Crippen LogP contribution in [0, 0.1) is 11.3 Å². The van der Waals surface area contributed by atoms with Crippen LogP contribution in [0.2, 0.25) is 5.02 Å². The highest BCUT2D eigenvalue weighted by molar-refractivity contribution is 6.32. The summed E-state index contributed by atoms with van der Waals surface area (Å²) < 4.78 is 49.3. The quantitative estimate of drug-likeness (QED) is 0.389. The summed E-state index contributed by atoms with van der Waals surface area (Å²) in [6.45, 7) is 1.92. The number of aryl methyl sites for hydroxylation is 1. The van der Waals surface area contributed by atoms with E-state index in [-0.39, 0.29) is 40.6 Å². The molecule has 13 heteroatoms. The van der Waals surface area contributed by atoms with Crippen LogP contribution in [0.5, 0.6) is 11.5 Å². The zero-order chi connectivity index (χ0) is 26.5. The van der Waals surface area contributed by atoms with Crippen molar-refractivity contribution in [2.75, 3.05) is 0 Å². The summed E-state index contributed by atoms with van der Waals surface area (Å²) in [5.74, 6) is 0.512. The zero-order valence-corrected chi connectivity index (χ0v) is 20.0. The maximum atomic E-state index is 13.7. The van der Waals surface area contributed by atoms with Gasteiger partial charge in [0, 0.05) is 6.07 Å². The van der Waals surface area contributed by atoms with Crippen LogP contribution in [0.1, 0.15) is 37.4 Å². The maximum absolute atomic E-state index is 13.7. The number of hydrogen-bond donors (Lipinski definition) is 1. The van der Waals surface area contributed by atoms with Crippen LogP contribution < -0.4 is 16.0 Å². The molecule has 0 spiro atoms. The second-order valence-electron chi connectivity index (χ2n) is 8.69. The van der Waals surface area contributed by atoms with Crippen molar-refractivity contribution in [3.05, 3.63) is 73.8 Å². The summed E-state index contributed by atoms with van der Waals surface area (Å²) in [7, 11) is 0. The third-order valence-corrected chi connectivity index (χ3v) is 6.53. The first-order valence-corrected chi connectivity index (χ1v) is 11.6. The van der Waals surface area contributed by atoms with E-state index >= 15 is 0 Å². The van der Waals surface area contributed by atoms with E-state index in [1.807, 2.05) is 11.9 Å². The van der Waals surface area contributed by atoms with E-state index in [4.69, 9.17) is 21.6 Å². The highest BCUT2D eigenvalue weighted by atomic mass is 35.5. The van der Waals surface area contributed by atoms with Gasteiger partial charge in [0.25, 0.3) is 5.56 Å². The highest BCUT2D eigenvalue weighted by Gasteiger charge is 2.65. The van der Waals surface area contributed by atoms with Crippen molar-refractivity contribution in [1.29, 1.82) is 5.26 Å². The first-order chi connectivity index (χ1) is 17.6. The van der Waals surface area contributed by atoms with Gasteiger partial charge in [0.05, 0.1) is 28.1 Å². The zero-order valence-electron chi connectivity index (χ0n) is 19.3. The van der Waals surface area contributed by atoms with Gasteiger partial charge in [-0.1, -0.05) is 24.9 Å². The minimum atomic E-state index is -4.41. The molecule has 0 bridgehead atoms. The largest absolute Gasteiger partial charge is 0.455 e. The number of nitriles is 1. The molecule has 0 atom stereocenters. The van der Waals surface area contributed by atoms with E-state index in [1.54, 1.807) is 24.3 Å². The number of halogens is 4. The molecular formula is C24H18ClF3N6O3. The molecule has 2 aromatic carbocycles. The average molecular weight is 531 g/mol. The maximum Gasteiger partial charge on any atom is 0.411 e. The minimum absolute atomic E-state index is 0.0212. The monoisotopic (exact) mass is 530 g/mol. The number of nitrogens with one attached hydrogen (secondary N) is 1. The SMILES string of the molecule is CCCc1cc(-n2nc(C#N)c(=O)[nH]c2=O)cc(Cl)c1Oc1ccc2ncn(C3(C(F)(F)F)CC3)c2c1. The van der Waals surface area contributed by atoms with Crippen molar-refractivity contribution in [3.8, 4) is 23.3 Å². The summed E-state index contributed by atoms with van der Waals surface area (Å²) in [5, 5.41) is 13.0. The third-order valence-electron chi connectivity index (χ3n) is 6.25. The Morgan fingerprint density at radius 2 is 2.00 bits per heavy atom.